The summed E-state index contributed by atoms with van der Waals surface area (Å²) in [5.41, 5.74) is -1.29. The molecule has 0 radical (unpaired) electrons. The molecule has 3 aliphatic carbocycles. The van der Waals surface area contributed by atoms with Gasteiger partial charge in [0.25, 0.3) is 0 Å². The molecule has 67 heavy (non-hydrogen) atoms. The third kappa shape index (κ3) is 8.78. The number of allylic oxidation sites excluding steroid dienone is 1. The number of epoxide rings is 1. The summed E-state index contributed by atoms with van der Waals surface area (Å²) in [4.78, 5) is 13.4. The zero-order valence-electron chi connectivity index (χ0n) is 40.1. The average molecular weight is 959 g/mol. The van der Waals surface area contributed by atoms with Crippen molar-refractivity contribution in [1.29, 1.82) is 0 Å². The Bertz CT molecular complexity index is 1800. The highest BCUT2D eigenvalue weighted by Gasteiger charge is 2.74. The second kappa shape index (κ2) is 18.9. The maximum Gasteiger partial charge on any atom is 0.306 e. The van der Waals surface area contributed by atoms with Crippen LogP contribution < -0.4 is 0 Å². The van der Waals surface area contributed by atoms with Crippen molar-refractivity contribution in [2.75, 3.05) is 19.8 Å². The summed E-state index contributed by atoms with van der Waals surface area (Å²) in [6, 6.07) is 0. The van der Waals surface area contributed by atoms with Gasteiger partial charge in [-0.15, -0.1) is 0 Å². The Morgan fingerprint density at radius 3 is 1.97 bits per heavy atom. The van der Waals surface area contributed by atoms with E-state index in [1.807, 2.05) is 26.8 Å². The van der Waals surface area contributed by atoms with Crippen LogP contribution >= 0.6 is 0 Å². The van der Waals surface area contributed by atoms with E-state index in [0.29, 0.717) is 12.8 Å². The second-order valence-corrected chi connectivity index (χ2v) is 22.9. The maximum absolute atomic E-state index is 13.4. The molecule has 384 valence electrons. The van der Waals surface area contributed by atoms with Gasteiger partial charge in [0.2, 0.25) is 0 Å². The minimum atomic E-state index is -1.69. The number of cyclic esters (lactones) is 1. The summed E-state index contributed by atoms with van der Waals surface area (Å²) in [6.45, 7) is 15.5. The molecule has 5 saturated heterocycles. The van der Waals surface area contributed by atoms with E-state index in [1.54, 1.807) is 0 Å². The number of hydrogen-bond donors (Lipinski definition) is 10. The fourth-order valence-electron chi connectivity index (χ4n) is 14.6. The Morgan fingerprint density at radius 1 is 0.716 bits per heavy atom. The van der Waals surface area contributed by atoms with Crippen molar-refractivity contribution in [1.82, 2.24) is 0 Å². The second-order valence-electron chi connectivity index (χ2n) is 22.9. The van der Waals surface area contributed by atoms with Gasteiger partial charge in [0, 0.05) is 11.8 Å². The summed E-state index contributed by atoms with van der Waals surface area (Å²) < 4.78 is 49.4. The zero-order valence-corrected chi connectivity index (χ0v) is 40.1. The van der Waals surface area contributed by atoms with Crippen LogP contribution in [0.2, 0.25) is 0 Å². The fourth-order valence-corrected chi connectivity index (χ4v) is 14.6. The first-order chi connectivity index (χ1) is 31.4. The minimum Gasteiger partial charge on any atom is -0.465 e. The predicted molar refractivity (Wildman–Crippen MR) is 232 cm³/mol. The number of aliphatic hydroxyl groups excluding tert-OH is 10. The molecular weight excluding hydrogens is 881 g/mol. The third-order valence-corrected chi connectivity index (χ3v) is 18.4. The first-order valence-electron chi connectivity index (χ1n) is 24.4. The van der Waals surface area contributed by atoms with Crippen molar-refractivity contribution < 1.29 is 93.8 Å². The van der Waals surface area contributed by atoms with E-state index in [4.69, 9.17) is 37.9 Å². The number of rotatable bonds is 12. The van der Waals surface area contributed by atoms with Crippen LogP contribution in [0.1, 0.15) is 107 Å². The van der Waals surface area contributed by atoms with E-state index in [1.165, 1.54) is 6.92 Å². The third-order valence-electron chi connectivity index (χ3n) is 18.4. The number of carbonyl (C=O) groups excluding carboxylic acids is 1. The quantitative estimate of drug-likeness (QED) is 0.0530. The van der Waals surface area contributed by atoms with E-state index >= 15 is 0 Å². The highest BCUT2D eigenvalue weighted by Crippen LogP contribution is 2.75. The summed E-state index contributed by atoms with van der Waals surface area (Å²) in [5.74, 6) is 0.0622. The SMILES string of the molecule is CC(C)=C[C@@H](C[C@]1(C)O[C@H]1[C@H]1CC[C@@H]2[C@@]3(C)CC[C@H](O[C@@H]4O[C@H](CO)[C@@H](O)[C@H](O)[C@H]4O[C@@H]4O[C@@H](C)[C@H](O)[C@@H](O)[C@H]4O)C(C)(C)[C@@H]3CC[C@@]2(C)[C@@]12COC(=O)C2)O[C@@H]1O[C@H](CO)[C@@H](O)[C@H](O)[C@H]1O. The molecule has 0 aromatic carbocycles. The molecule has 3 saturated carbocycles. The molecule has 8 fully saturated rings. The first kappa shape index (κ1) is 51.9. The molecule has 0 unspecified atom stereocenters. The van der Waals surface area contributed by atoms with Crippen LogP contribution in [0.3, 0.4) is 0 Å². The van der Waals surface area contributed by atoms with Crippen molar-refractivity contribution in [3.05, 3.63) is 11.6 Å². The van der Waals surface area contributed by atoms with Crippen molar-refractivity contribution in [3.63, 3.8) is 0 Å². The topological polar surface area (TPSA) is 297 Å². The molecule has 1 spiro atoms. The number of hydrogen-bond acceptors (Lipinski definition) is 19. The molecule has 5 heterocycles. The lowest BCUT2D eigenvalue weighted by Gasteiger charge is -2.70. The molecule has 10 N–H and O–H groups in total. The minimum absolute atomic E-state index is 0.0293. The Morgan fingerprint density at radius 2 is 1.34 bits per heavy atom. The van der Waals surface area contributed by atoms with Crippen LogP contribution in [0.25, 0.3) is 0 Å². The van der Waals surface area contributed by atoms with Crippen molar-refractivity contribution in [2.45, 2.75) is 223 Å². The Labute approximate surface area is 392 Å². The number of aliphatic hydroxyl groups is 10. The molecule has 19 nitrogen and oxygen atoms in total. The Balaban J connectivity index is 1.00. The monoisotopic (exact) mass is 959 g/mol. The molecular formula is C48H78O19. The van der Waals surface area contributed by atoms with Crippen molar-refractivity contribution in [3.8, 4) is 0 Å². The van der Waals surface area contributed by atoms with Gasteiger partial charge >= 0.3 is 5.97 Å². The largest absolute Gasteiger partial charge is 0.465 e. The standard InChI is InChI=1S/C48H78O19/c1-21(2)15-23(62-42-38(59)35(56)32(53)25(18-49)63-42)16-47(8)40(67-47)24-9-10-28-45(6)13-12-29(44(4,5)27(45)11-14-46(28,7)48(24)17-30(51)60-20-48)65-43-39(36(57)33(54)26(19-50)64-43)66-41-37(58)34(55)31(52)22(3)61-41/h15,22-29,31-43,49-50,52-59H,9-14,16-20H2,1-8H3/t22-,23-,24+,25+,26+,27-,28+,29-,31-,32+,33+,34+,35-,36-,37+,38+,39+,40-,41-,42+,43-,45-,46+,47-,48-/m0/s1. The summed E-state index contributed by atoms with van der Waals surface area (Å²) in [7, 11) is 0. The van der Waals surface area contributed by atoms with Crippen LogP contribution in [0, 0.1) is 39.4 Å². The van der Waals surface area contributed by atoms with Crippen LogP contribution in [-0.2, 0) is 42.7 Å². The summed E-state index contributed by atoms with van der Waals surface area (Å²) >= 11 is 0. The van der Waals surface area contributed by atoms with E-state index < -0.39 is 134 Å². The number of esters is 1. The van der Waals surface area contributed by atoms with E-state index in [9.17, 15) is 55.9 Å². The highest BCUT2D eigenvalue weighted by molar-refractivity contribution is 5.73. The average Bonchev–Trinajstić information content (AvgIpc) is 3.75. The van der Waals surface area contributed by atoms with Crippen LogP contribution in [0.4, 0.5) is 0 Å². The lowest BCUT2D eigenvalue weighted by Crippen LogP contribution is -2.67. The molecule has 19 heteroatoms. The molecule has 8 rings (SSSR count). The van der Waals surface area contributed by atoms with Gasteiger partial charge in [0.05, 0.1) is 56.3 Å². The maximum atomic E-state index is 13.4. The van der Waals surface area contributed by atoms with E-state index in [0.717, 1.165) is 37.7 Å². The van der Waals surface area contributed by atoms with Crippen molar-refractivity contribution >= 4 is 5.97 Å². The Kier molecular flexibility index (Phi) is 14.6. The van der Waals surface area contributed by atoms with Crippen LogP contribution in [0.5, 0.6) is 0 Å². The molecule has 0 bridgehead atoms. The molecule has 0 aromatic heterocycles. The summed E-state index contributed by atoms with van der Waals surface area (Å²) in [6.07, 6.45) is -15.5. The van der Waals surface area contributed by atoms with Crippen LogP contribution in [0.15, 0.2) is 11.6 Å². The number of carbonyl (C=O) groups is 1. The van der Waals surface area contributed by atoms with Gasteiger partial charge in [0.1, 0.15) is 67.1 Å². The highest BCUT2D eigenvalue weighted by atomic mass is 16.8. The first-order valence-corrected chi connectivity index (χ1v) is 24.4. The smallest absolute Gasteiger partial charge is 0.306 e. The van der Waals surface area contributed by atoms with Gasteiger partial charge in [-0.2, -0.15) is 0 Å². The Hall–Kier alpha value is -1.47. The summed E-state index contributed by atoms with van der Waals surface area (Å²) in [5, 5.41) is 105. The molecule has 8 aliphatic rings. The molecule has 25 atom stereocenters. The number of ether oxygens (including phenoxy) is 8. The van der Waals surface area contributed by atoms with Crippen LogP contribution in [-0.4, -0.2) is 193 Å². The van der Waals surface area contributed by atoms with Gasteiger partial charge in [-0.05, 0) is 100 Å². The molecule has 0 amide bonds. The van der Waals surface area contributed by atoms with Gasteiger partial charge in [-0.3, -0.25) is 4.79 Å². The van der Waals surface area contributed by atoms with E-state index in [2.05, 4.69) is 27.7 Å². The van der Waals surface area contributed by atoms with Gasteiger partial charge in [0.15, 0.2) is 18.9 Å². The predicted octanol–water partition coefficient (Wildman–Crippen LogP) is -0.0757. The fraction of sp³-hybridized carbons (Fsp3) is 0.938. The van der Waals surface area contributed by atoms with Gasteiger partial charge < -0.3 is 89.0 Å². The molecule has 5 aliphatic heterocycles. The molecule has 0 aromatic rings. The van der Waals surface area contributed by atoms with Gasteiger partial charge in [-0.1, -0.05) is 39.3 Å². The normalized spacial score (nSPS) is 53.3. The zero-order chi connectivity index (χ0) is 48.9. The van der Waals surface area contributed by atoms with Gasteiger partial charge in [-0.25, -0.2) is 0 Å². The van der Waals surface area contributed by atoms with E-state index in [-0.39, 0.29) is 53.7 Å². The lowest BCUT2D eigenvalue weighted by atomic mass is 9.34. The number of fused-ring (bicyclic) bond motifs is 4. The lowest BCUT2D eigenvalue weighted by molar-refractivity contribution is -0.376. The van der Waals surface area contributed by atoms with Crippen molar-refractivity contribution in [2.24, 2.45) is 39.4 Å².